The van der Waals surface area contributed by atoms with E-state index in [1.807, 2.05) is 6.07 Å². The number of benzene rings is 2. The summed E-state index contributed by atoms with van der Waals surface area (Å²) in [5.41, 5.74) is 3.24. The molecule has 3 N–H and O–H groups in total. The number of aromatic nitrogens is 2. The van der Waals surface area contributed by atoms with Gasteiger partial charge in [0.2, 0.25) is 15.9 Å². The number of rotatable bonds is 19. The predicted molar refractivity (Wildman–Crippen MR) is 174 cm³/mol. The first-order valence-corrected chi connectivity index (χ1v) is 17.2. The second-order valence-corrected chi connectivity index (χ2v) is 12.7. The lowest BCUT2D eigenvalue weighted by molar-refractivity contribution is -0.122. The first kappa shape index (κ1) is 34.1. The number of thiol groups is 2. The van der Waals surface area contributed by atoms with Crippen molar-refractivity contribution in [3.63, 3.8) is 0 Å². The summed E-state index contributed by atoms with van der Waals surface area (Å²) in [5.74, 6) is 1.09. The quantitative estimate of drug-likeness (QED) is 0.111. The number of nitrogens with two attached hydrogens (primary N) is 1. The van der Waals surface area contributed by atoms with Crippen LogP contribution in [0.5, 0.6) is 0 Å². The van der Waals surface area contributed by atoms with Crippen molar-refractivity contribution in [2.24, 2.45) is 5.14 Å². The number of nitrogens with zero attached hydrogens (tertiary/aromatic N) is 3. The van der Waals surface area contributed by atoms with E-state index in [2.05, 4.69) is 35.5 Å². The van der Waals surface area contributed by atoms with Gasteiger partial charge >= 0.3 is 0 Å². The van der Waals surface area contributed by atoms with Gasteiger partial charge in [-0.25, -0.2) is 22.6 Å². The molecule has 0 radical (unpaired) electrons. The highest BCUT2D eigenvalue weighted by atomic mass is 32.2. The minimum Gasteiger partial charge on any atom is -0.354 e. The Morgan fingerprint density at radius 1 is 0.905 bits per heavy atom. The SMILES string of the molecule is NS(=O)(=O)c1ccc(-n2nc(CCCCCCCCCN(CCS)CC(=O)NCCS)cc2-c2ccc(F)cc2)cc1. The average Bonchev–Trinajstić information content (AvgIpc) is 3.39. The summed E-state index contributed by atoms with van der Waals surface area (Å²) in [6.45, 7) is 2.70. The highest BCUT2D eigenvalue weighted by Crippen LogP contribution is 2.26. The number of primary sulfonamides is 1. The molecule has 0 spiro atoms. The van der Waals surface area contributed by atoms with Gasteiger partial charge in [0.25, 0.3) is 0 Å². The fraction of sp³-hybridized carbons (Fsp3) is 0.467. The number of carbonyl (C=O) groups is 1. The lowest BCUT2D eigenvalue weighted by Gasteiger charge is -2.20. The number of halogens is 1. The summed E-state index contributed by atoms with van der Waals surface area (Å²) >= 11 is 8.45. The van der Waals surface area contributed by atoms with E-state index in [4.69, 9.17) is 10.2 Å². The molecular formula is C30H42FN5O3S3. The number of hydrogen-bond acceptors (Lipinski definition) is 7. The molecule has 0 aliphatic rings. The van der Waals surface area contributed by atoms with Gasteiger partial charge in [-0.1, -0.05) is 32.1 Å². The van der Waals surface area contributed by atoms with Gasteiger partial charge in [0.1, 0.15) is 5.82 Å². The summed E-state index contributed by atoms with van der Waals surface area (Å²) < 4.78 is 38.7. The Balaban J connectivity index is 1.47. The van der Waals surface area contributed by atoms with Gasteiger partial charge in [-0.2, -0.15) is 30.4 Å². The summed E-state index contributed by atoms with van der Waals surface area (Å²) in [6, 6.07) is 14.5. The maximum absolute atomic E-state index is 13.6. The Morgan fingerprint density at radius 3 is 2.17 bits per heavy atom. The lowest BCUT2D eigenvalue weighted by Crippen LogP contribution is -2.39. The van der Waals surface area contributed by atoms with E-state index in [9.17, 15) is 17.6 Å². The summed E-state index contributed by atoms with van der Waals surface area (Å²) in [7, 11) is -3.80. The van der Waals surface area contributed by atoms with Crippen LogP contribution in [0.25, 0.3) is 16.9 Å². The Hall–Kier alpha value is -2.38. The van der Waals surface area contributed by atoms with Crippen molar-refractivity contribution in [1.82, 2.24) is 20.0 Å². The van der Waals surface area contributed by atoms with Crippen LogP contribution in [0, 0.1) is 5.82 Å². The van der Waals surface area contributed by atoms with Crippen LogP contribution < -0.4 is 10.5 Å². The van der Waals surface area contributed by atoms with E-state index in [0.29, 0.717) is 24.5 Å². The molecule has 1 amide bonds. The number of nitrogens with one attached hydrogen (secondary N) is 1. The van der Waals surface area contributed by atoms with E-state index >= 15 is 0 Å². The van der Waals surface area contributed by atoms with Crippen LogP contribution in [-0.4, -0.2) is 66.7 Å². The summed E-state index contributed by atoms with van der Waals surface area (Å²) in [4.78, 5) is 14.2. The van der Waals surface area contributed by atoms with Gasteiger partial charge in [-0.15, -0.1) is 0 Å². The third-order valence-corrected chi connectivity index (χ3v) is 8.29. The Labute approximate surface area is 260 Å². The Bertz CT molecular complexity index is 1350. The number of aryl methyl sites for hydroxylation is 1. The highest BCUT2D eigenvalue weighted by Gasteiger charge is 2.14. The summed E-state index contributed by atoms with van der Waals surface area (Å²) in [6.07, 6.45) is 8.59. The molecule has 2 aromatic carbocycles. The molecule has 0 aliphatic heterocycles. The minimum atomic E-state index is -3.80. The Kier molecular flexibility index (Phi) is 14.4. The van der Waals surface area contributed by atoms with Crippen LogP contribution in [0.15, 0.2) is 59.5 Å². The number of amides is 1. The molecule has 0 atom stereocenters. The van der Waals surface area contributed by atoms with Crippen LogP contribution in [0.4, 0.5) is 4.39 Å². The minimum absolute atomic E-state index is 0.0317. The number of sulfonamides is 1. The van der Waals surface area contributed by atoms with Crippen LogP contribution >= 0.6 is 25.3 Å². The molecule has 0 unspecified atom stereocenters. The van der Waals surface area contributed by atoms with Crippen LogP contribution in [0.2, 0.25) is 0 Å². The number of unbranched alkanes of at least 4 members (excludes halogenated alkanes) is 6. The summed E-state index contributed by atoms with van der Waals surface area (Å²) in [5, 5.41) is 12.9. The lowest BCUT2D eigenvalue weighted by atomic mass is 10.1. The molecule has 0 fully saturated rings. The molecule has 0 aliphatic carbocycles. The van der Waals surface area contributed by atoms with Crippen molar-refractivity contribution in [2.75, 3.05) is 37.7 Å². The van der Waals surface area contributed by atoms with E-state index in [1.165, 1.54) is 37.1 Å². The zero-order valence-corrected chi connectivity index (χ0v) is 26.5. The smallest absolute Gasteiger partial charge is 0.238 e. The molecule has 0 saturated carbocycles. The standard InChI is InChI=1S/C30H42FN5O3S3/c31-25-11-9-24(10-12-25)29-22-26(34-36(29)27-13-15-28(16-14-27)42(32,38)39)8-6-4-2-1-3-5-7-18-35(19-21-41)23-30(37)33-17-20-40/h9-16,22,40-41H,1-8,17-21,23H2,(H,33,37)(H2,32,38,39). The van der Waals surface area contributed by atoms with Crippen molar-refractivity contribution < 1.29 is 17.6 Å². The van der Waals surface area contributed by atoms with Gasteiger partial charge in [-0.05, 0) is 80.4 Å². The van der Waals surface area contributed by atoms with Gasteiger partial charge in [-0.3, -0.25) is 9.69 Å². The van der Waals surface area contributed by atoms with E-state index in [0.717, 1.165) is 74.3 Å². The highest BCUT2D eigenvalue weighted by molar-refractivity contribution is 7.89. The predicted octanol–water partition coefficient (Wildman–Crippen LogP) is 4.88. The van der Waals surface area contributed by atoms with Crippen LogP contribution in [0.3, 0.4) is 0 Å². The molecule has 42 heavy (non-hydrogen) atoms. The fourth-order valence-corrected chi connectivity index (χ4v) is 5.65. The molecule has 1 heterocycles. The molecule has 8 nitrogen and oxygen atoms in total. The van der Waals surface area contributed by atoms with Crippen LogP contribution in [-0.2, 0) is 21.2 Å². The second-order valence-electron chi connectivity index (χ2n) is 10.3. The molecule has 0 saturated heterocycles. The Morgan fingerprint density at radius 2 is 1.55 bits per heavy atom. The van der Waals surface area contributed by atoms with Crippen molar-refractivity contribution in [1.29, 1.82) is 0 Å². The monoisotopic (exact) mass is 635 g/mol. The molecule has 3 aromatic rings. The zero-order chi connectivity index (χ0) is 30.4. The topological polar surface area (TPSA) is 110 Å². The molecule has 1 aromatic heterocycles. The first-order chi connectivity index (χ1) is 20.2. The fourth-order valence-electron chi connectivity index (χ4n) is 4.74. The van der Waals surface area contributed by atoms with Crippen molar-refractivity contribution in [3.05, 3.63) is 66.1 Å². The van der Waals surface area contributed by atoms with E-state index in [-0.39, 0.29) is 16.6 Å². The van der Waals surface area contributed by atoms with Crippen molar-refractivity contribution in [2.45, 2.75) is 56.3 Å². The second kappa shape index (κ2) is 17.7. The van der Waals surface area contributed by atoms with E-state index < -0.39 is 10.0 Å². The van der Waals surface area contributed by atoms with E-state index in [1.54, 1.807) is 28.9 Å². The zero-order valence-electron chi connectivity index (χ0n) is 23.9. The molecule has 3 rings (SSSR count). The molecule has 0 bridgehead atoms. The van der Waals surface area contributed by atoms with Crippen LogP contribution in [0.1, 0.15) is 50.6 Å². The first-order valence-electron chi connectivity index (χ1n) is 14.4. The third kappa shape index (κ3) is 11.4. The van der Waals surface area contributed by atoms with Crippen molar-refractivity contribution >= 4 is 41.2 Å². The van der Waals surface area contributed by atoms with Gasteiger partial charge in [0.15, 0.2) is 0 Å². The van der Waals surface area contributed by atoms with Gasteiger partial charge < -0.3 is 5.32 Å². The number of carbonyl (C=O) groups excluding carboxylic acids is 1. The maximum atomic E-state index is 13.6. The third-order valence-electron chi connectivity index (χ3n) is 6.93. The largest absolute Gasteiger partial charge is 0.354 e. The average molecular weight is 636 g/mol. The normalized spacial score (nSPS) is 11.7. The molecular weight excluding hydrogens is 594 g/mol. The van der Waals surface area contributed by atoms with Gasteiger partial charge in [0, 0.05) is 30.2 Å². The van der Waals surface area contributed by atoms with Crippen molar-refractivity contribution in [3.8, 4) is 16.9 Å². The molecule has 12 heteroatoms. The number of hydrogen-bond donors (Lipinski definition) is 4. The van der Waals surface area contributed by atoms with Gasteiger partial charge in [0.05, 0.1) is 28.5 Å². The maximum Gasteiger partial charge on any atom is 0.238 e. The molecule has 230 valence electrons.